The van der Waals surface area contributed by atoms with E-state index in [1.165, 1.54) is 23.0 Å². The zero-order valence-electron chi connectivity index (χ0n) is 15.7. The molecule has 0 saturated carbocycles. The first-order valence-corrected chi connectivity index (χ1v) is 8.22. The van der Waals surface area contributed by atoms with Crippen LogP contribution in [0.5, 0.6) is 0 Å². The zero-order valence-corrected chi connectivity index (χ0v) is 15.7. The number of ether oxygens (including phenoxy) is 1. The fraction of sp³-hybridized carbons (Fsp3) is 0.421. The molecule has 0 saturated heterocycles. The van der Waals surface area contributed by atoms with Crippen molar-refractivity contribution in [2.75, 3.05) is 10.6 Å². The number of nitrogens with zero attached hydrogens (tertiary/aromatic N) is 1. The molecule has 6 heteroatoms. The number of hydrogen-bond acceptors (Lipinski definition) is 3. The van der Waals surface area contributed by atoms with Gasteiger partial charge in [-0.2, -0.15) is 0 Å². The van der Waals surface area contributed by atoms with Crippen LogP contribution in [0.2, 0.25) is 0 Å². The fourth-order valence-electron chi connectivity index (χ4n) is 2.45. The number of carbonyl (C=O) groups excluding carboxylic acids is 1. The van der Waals surface area contributed by atoms with Gasteiger partial charge in [0.25, 0.3) is 0 Å². The maximum absolute atomic E-state index is 13.9. The van der Waals surface area contributed by atoms with Gasteiger partial charge in [-0.1, -0.05) is 0 Å². The van der Waals surface area contributed by atoms with Gasteiger partial charge in [0.2, 0.25) is 0 Å². The first-order chi connectivity index (χ1) is 11.6. The minimum absolute atomic E-state index is 0.0835. The molecule has 1 aromatic carbocycles. The second kappa shape index (κ2) is 7.17. The molecule has 0 bridgehead atoms. The minimum Gasteiger partial charge on any atom is -0.444 e. The lowest BCUT2D eigenvalue weighted by atomic mass is 10.2. The third kappa shape index (κ3) is 4.98. The van der Waals surface area contributed by atoms with Gasteiger partial charge in [-0.05, 0) is 64.4 Å². The lowest BCUT2D eigenvalue weighted by Gasteiger charge is -2.20. The van der Waals surface area contributed by atoms with E-state index in [4.69, 9.17) is 4.74 Å². The molecule has 25 heavy (non-hydrogen) atoms. The van der Waals surface area contributed by atoms with Crippen molar-refractivity contribution in [2.45, 2.75) is 46.8 Å². The van der Waals surface area contributed by atoms with Crippen molar-refractivity contribution >= 4 is 17.5 Å². The van der Waals surface area contributed by atoms with Crippen molar-refractivity contribution in [1.82, 2.24) is 4.57 Å². The summed E-state index contributed by atoms with van der Waals surface area (Å²) in [5.41, 5.74) is 3.69. The lowest BCUT2D eigenvalue weighted by molar-refractivity contribution is 0.0635. The van der Waals surface area contributed by atoms with Gasteiger partial charge in [0.15, 0.2) is 0 Å². The monoisotopic (exact) mass is 347 g/mol. The molecular weight excluding hydrogens is 321 g/mol. The van der Waals surface area contributed by atoms with Gasteiger partial charge in [-0.3, -0.25) is 5.32 Å². The van der Waals surface area contributed by atoms with Crippen LogP contribution in [0.1, 0.15) is 37.7 Å². The first-order valence-electron chi connectivity index (χ1n) is 8.22. The first kappa shape index (κ1) is 18.8. The summed E-state index contributed by atoms with van der Waals surface area (Å²) in [6.45, 7) is 9.99. The SMILES string of the molecule is Cc1cc(CNc2ccc(F)c(NC(=O)OC(C)(C)C)c2)c(C)n1C. The van der Waals surface area contributed by atoms with E-state index in [9.17, 15) is 9.18 Å². The molecule has 1 aromatic heterocycles. The van der Waals surface area contributed by atoms with Gasteiger partial charge in [0, 0.05) is 30.7 Å². The average molecular weight is 347 g/mol. The van der Waals surface area contributed by atoms with E-state index in [1.54, 1.807) is 32.9 Å². The number of hydrogen-bond donors (Lipinski definition) is 2. The van der Waals surface area contributed by atoms with Gasteiger partial charge in [-0.15, -0.1) is 0 Å². The highest BCUT2D eigenvalue weighted by Gasteiger charge is 2.17. The second-order valence-corrected chi connectivity index (χ2v) is 7.13. The Kier molecular flexibility index (Phi) is 5.40. The highest BCUT2D eigenvalue weighted by atomic mass is 19.1. The summed E-state index contributed by atoms with van der Waals surface area (Å²) in [6, 6.07) is 6.63. The molecule has 0 unspecified atom stereocenters. The van der Waals surface area contributed by atoms with Crippen LogP contribution in [0, 0.1) is 19.7 Å². The summed E-state index contributed by atoms with van der Waals surface area (Å²) in [5.74, 6) is -0.511. The number of carbonyl (C=O) groups is 1. The Morgan fingerprint density at radius 1 is 1.24 bits per heavy atom. The standard InChI is InChI=1S/C19H26FN3O2/c1-12-9-14(13(2)23(12)6)11-21-15-7-8-16(20)17(10-15)22-18(24)25-19(3,4)5/h7-10,21H,11H2,1-6H3,(H,22,24). The Balaban J connectivity index is 2.07. The number of benzene rings is 1. The van der Waals surface area contributed by atoms with Crippen LogP contribution in [0.25, 0.3) is 0 Å². The Hall–Kier alpha value is -2.50. The van der Waals surface area contributed by atoms with E-state index in [1.807, 2.05) is 7.05 Å². The summed E-state index contributed by atoms with van der Waals surface area (Å²) in [5, 5.41) is 5.71. The van der Waals surface area contributed by atoms with Crippen molar-refractivity contribution in [3.05, 3.63) is 47.0 Å². The van der Waals surface area contributed by atoms with E-state index in [0.717, 1.165) is 0 Å². The molecule has 1 amide bonds. The molecular formula is C19H26FN3O2. The van der Waals surface area contributed by atoms with Gasteiger partial charge in [0.1, 0.15) is 11.4 Å². The maximum Gasteiger partial charge on any atom is 0.412 e. The Morgan fingerprint density at radius 3 is 2.48 bits per heavy atom. The van der Waals surface area contributed by atoms with Crippen molar-refractivity contribution in [1.29, 1.82) is 0 Å². The topological polar surface area (TPSA) is 55.3 Å². The third-order valence-electron chi connectivity index (χ3n) is 3.96. The van der Waals surface area contributed by atoms with Crippen molar-refractivity contribution < 1.29 is 13.9 Å². The summed E-state index contributed by atoms with van der Waals surface area (Å²) < 4.78 is 21.2. The largest absolute Gasteiger partial charge is 0.444 e. The Bertz CT molecular complexity index is 776. The van der Waals surface area contributed by atoms with Gasteiger partial charge < -0.3 is 14.6 Å². The van der Waals surface area contributed by atoms with Crippen molar-refractivity contribution in [3.63, 3.8) is 0 Å². The van der Waals surface area contributed by atoms with Crippen molar-refractivity contribution in [3.8, 4) is 0 Å². The molecule has 0 spiro atoms. The van der Waals surface area contributed by atoms with Crippen LogP contribution in [0.4, 0.5) is 20.6 Å². The van der Waals surface area contributed by atoms with E-state index in [0.29, 0.717) is 12.2 Å². The summed E-state index contributed by atoms with van der Waals surface area (Å²) in [6.07, 6.45) is -0.682. The average Bonchev–Trinajstić information content (AvgIpc) is 2.73. The zero-order chi connectivity index (χ0) is 18.8. The molecule has 0 radical (unpaired) electrons. The molecule has 1 heterocycles. The summed E-state index contributed by atoms with van der Waals surface area (Å²) in [7, 11) is 2.02. The molecule has 0 aliphatic rings. The van der Waals surface area contributed by atoms with Crippen LogP contribution in [0.15, 0.2) is 24.3 Å². The molecule has 2 rings (SSSR count). The molecule has 2 N–H and O–H groups in total. The maximum atomic E-state index is 13.9. The third-order valence-corrected chi connectivity index (χ3v) is 3.96. The minimum atomic E-state index is -0.682. The molecule has 0 aliphatic heterocycles. The van der Waals surface area contributed by atoms with Crippen molar-refractivity contribution in [2.24, 2.45) is 7.05 Å². The van der Waals surface area contributed by atoms with E-state index in [2.05, 4.69) is 35.1 Å². The smallest absolute Gasteiger partial charge is 0.412 e. The predicted molar refractivity (Wildman–Crippen MR) is 98.5 cm³/mol. The molecule has 5 nitrogen and oxygen atoms in total. The number of aromatic nitrogens is 1. The Morgan fingerprint density at radius 2 is 1.92 bits per heavy atom. The second-order valence-electron chi connectivity index (χ2n) is 7.13. The summed E-state index contributed by atoms with van der Waals surface area (Å²) >= 11 is 0. The van der Waals surface area contributed by atoms with Gasteiger partial charge in [0.05, 0.1) is 5.69 Å². The van der Waals surface area contributed by atoms with Crippen LogP contribution >= 0.6 is 0 Å². The van der Waals surface area contributed by atoms with Crippen LogP contribution in [-0.4, -0.2) is 16.3 Å². The number of amides is 1. The normalized spacial score (nSPS) is 11.3. The molecule has 0 atom stereocenters. The van der Waals surface area contributed by atoms with Gasteiger partial charge >= 0.3 is 6.09 Å². The highest BCUT2D eigenvalue weighted by molar-refractivity contribution is 5.85. The molecule has 0 fully saturated rings. The summed E-state index contributed by atoms with van der Waals surface area (Å²) in [4.78, 5) is 11.8. The Labute approximate surface area is 148 Å². The van der Waals surface area contributed by atoms with Crippen LogP contribution in [0.3, 0.4) is 0 Å². The quantitative estimate of drug-likeness (QED) is 0.840. The molecule has 0 aliphatic carbocycles. The molecule has 136 valence electrons. The highest BCUT2D eigenvalue weighted by Crippen LogP contribution is 2.22. The number of aryl methyl sites for hydroxylation is 1. The number of nitrogens with one attached hydrogen (secondary N) is 2. The number of rotatable bonds is 4. The van der Waals surface area contributed by atoms with E-state index >= 15 is 0 Å². The number of anilines is 2. The lowest BCUT2D eigenvalue weighted by Crippen LogP contribution is -2.27. The molecule has 2 aromatic rings. The van der Waals surface area contributed by atoms with E-state index < -0.39 is 17.5 Å². The predicted octanol–water partition coefficient (Wildman–Crippen LogP) is 4.74. The number of halogens is 1. The van der Waals surface area contributed by atoms with E-state index in [-0.39, 0.29) is 5.69 Å². The van der Waals surface area contributed by atoms with Crippen LogP contribution in [-0.2, 0) is 18.3 Å². The van der Waals surface area contributed by atoms with Gasteiger partial charge in [-0.25, -0.2) is 9.18 Å². The van der Waals surface area contributed by atoms with Crippen LogP contribution < -0.4 is 10.6 Å². The fourth-order valence-corrected chi connectivity index (χ4v) is 2.45.